The maximum atomic E-state index is 10.7. The van der Waals surface area contributed by atoms with E-state index in [2.05, 4.69) is 17.1 Å². The van der Waals surface area contributed by atoms with E-state index in [1.165, 1.54) is 10.6 Å². The van der Waals surface area contributed by atoms with Gasteiger partial charge < -0.3 is 4.57 Å². The molecule has 24 heavy (non-hydrogen) atoms. The fourth-order valence-corrected chi connectivity index (χ4v) is 3.49. The van der Waals surface area contributed by atoms with Crippen LogP contribution in [0.2, 0.25) is 0 Å². The molecule has 2 aromatic rings. The number of pyridine rings is 1. The van der Waals surface area contributed by atoms with Crippen molar-refractivity contribution >= 4 is 27.7 Å². The van der Waals surface area contributed by atoms with E-state index in [0.717, 1.165) is 10.4 Å². The molecule has 1 N–H and O–H groups in total. The van der Waals surface area contributed by atoms with E-state index >= 15 is 0 Å². The number of hydrogen-bond donors (Lipinski definition) is 1. The quantitative estimate of drug-likeness (QED) is 0.359. The summed E-state index contributed by atoms with van der Waals surface area (Å²) in [6, 6.07) is 3.75. The molecule has 0 spiro atoms. The molecule has 0 aliphatic carbocycles. The second-order valence-electron chi connectivity index (χ2n) is 5.44. The van der Waals surface area contributed by atoms with Gasteiger partial charge in [0, 0.05) is 30.1 Å². The van der Waals surface area contributed by atoms with E-state index in [9.17, 15) is 8.42 Å². The third-order valence-corrected chi connectivity index (χ3v) is 5.54. The first kappa shape index (κ1) is 18.5. The number of nitrogens with zero attached hydrogens (tertiary/aromatic N) is 4. The summed E-state index contributed by atoms with van der Waals surface area (Å²) in [4.78, 5) is 2.04. The Morgan fingerprint density at radius 1 is 1.42 bits per heavy atom. The zero-order valence-electron chi connectivity index (χ0n) is 13.9. The Hall–Kier alpha value is -1.84. The summed E-state index contributed by atoms with van der Waals surface area (Å²) in [5.41, 5.74) is 2.03. The predicted molar refractivity (Wildman–Crippen MR) is 93.6 cm³/mol. The molecule has 130 valence electrons. The van der Waals surface area contributed by atoms with Gasteiger partial charge in [-0.3, -0.25) is 4.55 Å². The molecule has 0 bridgehead atoms. The second-order valence-corrected chi connectivity index (χ2v) is 8.20. The summed E-state index contributed by atoms with van der Waals surface area (Å²) in [6.07, 6.45) is 5.69. The summed E-state index contributed by atoms with van der Waals surface area (Å²) in [6.45, 7) is 4.59. The Labute approximate surface area is 145 Å². The molecule has 0 aliphatic rings. The maximum absolute atomic E-state index is 10.7. The summed E-state index contributed by atoms with van der Waals surface area (Å²) < 4.78 is 34.1. The van der Waals surface area contributed by atoms with Crippen LogP contribution in [0.4, 0.5) is 0 Å². The summed E-state index contributed by atoms with van der Waals surface area (Å²) in [5, 5.41) is 8.36. The predicted octanol–water partition coefficient (Wildman–Crippen LogP) is 1.20. The molecule has 9 heteroatoms. The molecule has 0 atom stereocenters. The van der Waals surface area contributed by atoms with E-state index in [1.807, 2.05) is 47.6 Å². The molecule has 0 saturated heterocycles. The van der Waals surface area contributed by atoms with Crippen molar-refractivity contribution in [3.8, 4) is 0 Å². The molecule has 2 heterocycles. The van der Waals surface area contributed by atoms with E-state index in [0.29, 0.717) is 13.0 Å². The van der Waals surface area contributed by atoms with Crippen molar-refractivity contribution < 1.29 is 17.5 Å². The Kier molecular flexibility index (Phi) is 6.03. The third-order valence-electron chi connectivity index (χ3n) is 3.59. The molecule has 2 aromatic heterocycles. The van der Waals surface area contributed by atoms with E-state index in [-0.39, 0.29) is 5.75 Å². The van der Waals surface area contributed by atoms with Crippen molar-refractivity contribution in [2.45, 2.75) is 26.8 Å². The topological polar surface area (TPSA) is 87.9 Å². The van der Waals surface area contributed by atoms with Gasteiger partial charge in [0.05, 0.1) is 17.5 Å². The summed E-state index contributed by atoms with van der Waals surface area (Å²) in [7, 11) is -1.95. The van der Waals surface area contributed by atoms with Crippen molar-refractivity contribution in [1.29, 1.82) is 0 Å². The maximum Gasteiger partial charge on any atom is 0.265 e. The van der Waals surface area contributed by atoms with Crippen LogP contribution in [0.1, 0.15) is 22.6 Å². The first-order valence-electron chi connectivity index (χ1n) is 7.40. The Balaban J connectivity index is 2.07. The molecule has 7 nitrogen and oxygen atoms in total. The summed E-state index contributed by atoms with van der Waals surface area (Å²) >= 11 is 1.59. The van der Waals surface area contributed by atoms with Crippen LogP contribution in [0.3, 0.4) is 0 Å². The second kappa shape index (κ2) is 7.82. The SMILES string of the molecule is Cc1sc(=NN=Cc2ccc[n+](CCCS(=O)(=O)O)c2)n(C)c1C. The fourth-order valence-electron chi connectivity index (χ4n) is 2.08. The number of hydrogen-bond acceptors (Lipinski definition) is 5. The van der Waals surface area contributed by atoms with Crippen LogP contribution < -0.4 is 9.37 Å². The van der Waals surface area contributed by atoms with Crippen LogP contribution in [0.5, 0.6) is 0 Å². The number of aromatic nitrogens is 2. The lowest BCUT2D eigenvalue weighted by molar-refractivity contribution is -0.696. The van der Waals surface area contributed by atoms with Crippen molar-refractivity contribution in [2.75, 3.05) is 5.75 Å². The molecule has 0 fully saturated rings. The minimum absolute atomic E-state index is 0.249. The van der Waals surface area contributed by atoms with Gasteiger partial charge in [0.25, 0.3) is 10.1 Å². The first-order valence-corrected chi connectivity index (χ1v) is 9.83. The van der Waals surface area contributed by atoms with Crippen molar-refractivity contribution in [3.05, 3.63) is 45.5 Å². The smallest absolute Gasteiger partial charge is 0.265 e. The molecule has 0 aliphatic heterocycles. The van der Waals surface area contributed by atoms with Crippen molar-refractivity contribution in [3.63, 3.8) is 0 Å². The third kappa shape index (κ3) is 5.36. The van der Waals surface area contributed by atoms with Gasteiger partial charge in [0.1, 0.15) is 6.54 Å². The zero-order chi connectivity index (χ0) is 17.7. The molecule has 2 rings (SSSR count). The van der Waals surface area contributed by atoms with E-state index in [4.69, 9.17) is 4.55 Å². The monoisotopic (exact) mass is 369 g/mol. The van der Waals surface area contributed by atoms with E-state index < -0.39 is 10.1 Å². The highest BCUT2D eigenvalue weighted by atomic mass is 32.2. The van der Waals surface area contributed by atoms with Crippen LogP contribution in [0.15, 0.2) is 34.7 Å². The van der Waals surface area contributed by atoms with Gasteiger partial charge in [0.2, 0.25) is 4.80 Å². The molecular weight excluding hydrogens is 348 g/mol. The van der Waals surface area contributed by atoms with Gasteiger partial charge in [-0.15, -0.1) is 16.4 Å². The standard InChI is InChI=1S/C15H20N4O3S2/c1-12-13(2)23-15(18(12)3)17-16-10-14-6-4-7-19(11-14)8-5-9-24(20,21)22/h4,6-7,10-11H,5,8-9H2,1-3H3/p+1. The Morgan fingerprint density at radius 2 is 2.17 bits per heavy atom. The molecule has 0 unspecified atom stereocenters. The highest BCUT2D eigenvalue weighted by molar-refractivity contribution is 7.85. The van der Waals surface area contributed by atoms with Gasteiger partial charge in [-0.1, -0.05) is 0 Å². The number of aryl methyl sites for hydroxylation is 2. The van der Waals surface area contributed by atoms with Gasteiger partial charge in [0.15, 0.2) is 12.4 Å². The molecule has 0 aromatic carbocycles. The average Bonchev–Trinajstić information content (AvgIpc) is 2.74. The lowest BCUT2D eigenvalue weighted by Crippen LogP contribution is -2.34. The number of rotatable bonds is 6. The van der Waals surface area contributed by atoms with Crippen LogP contribution in [0, 0.1) is 13.8 Å². The molecule has 0 radical (unpaired) electrons. The minimum atomic E-state index is -3.91. The minimum Gasteiger partial charge on any atom is -0.322 e. The highest BCUT2D eigenvalue weighted by Crippen LogP contribution is 2.07. The first-order chi connectivity index (χ1) is 11.3. The summed E-state index contributed by atoms with van der Waals surface area (Å²) in [5.74, 6) is -0.249. The van der Waals surface area contributed by atoms with Crippen LogP contribution in [-0.2, 0) is 23.7 Å². The average molecular weight is 369 g/mol. The molecular formula is C15H21N4O3S2+. The molecule has 0 saturated carbocycles. The van der Waals surface area contributed by atoms with Gasteiger partial charge >= 0.3 is 0 Å². The van der Waals surface area contributed by atoms with Gasteiger partial charge in [-0.05, 0) is 19.9 Å². The zero-order valence-corrected chi connectivity index (χ0v) is 15.5. The van der Waals surface area contributed by atoms with E-state index in [1.54, 1.807) is 17.6 Å². The normalized spacial score (nSPS) is 13.1. The van der Waals surface area contributed by atoms with Gasteiger partial charge in [-0.2, -0.15) is 13.5 Å². The van der Waals surface area contributed by atoms with Crippen LogP contribution in [-0.4, -0.2) is 29.5 Å². The highest BCUT2D eigenvalue weighted by Gasteiger charge is 2.07. The lowest BCUT2D eigenvalue weighted by atomic mass is 10.3. The van der Waals surface area contributed by atoms with Crippen LogP contribution in [0.25, 0.3) is 0 Å². The largest absolute Gasteiger partial charge is 0.322 e. The molecule has 0 amide bonds. The number of thiazole rings is 1. The van der Waals surface area contributed by atoms with Crippen molar-refractivity contribution in [2.24, 2.45) is 17.3 Å². The fraction of sp³-hybridized carbons (Fsp3) is 0.400. The van der Waals surface area contributed by atoms with Crippen molar-refractivity contribution in [1.82, 2.24) is 4.57 Å². The van der Waals surface area contributed by atoms with Crippen LogP contribution >= 0.6 is 11.3 Å². The Bertz CT molecular complexity index is 911. The Morgan fingerprint density at radius 3 is 2.79 bits per heavy atom. The van der Waals surface area contributed by atoms with Gasteiger partial charge in [-0.25, -0.2) is 4.57 Å². The lowest BCUT2D eigenvalue weighted by Gasteiger charge is -1.97.